The monoisotopic (exact) mass is 293 g/mol. The Hall–Kier alpha value is -2.88. The Morgan fingerprint density at radius 1 is 1.09 bits per heavy atom. The highest BCUT2D eigenvalue weighted by Crippen LogP contribution is 2.21. The maximum atomic E-state index is 12.7. The normalized spacial score (nSPS) is 10.6. The molecule has 0 unspecified atom stereocenters. The van der Waals surface area contributed by atoms with Crippen LogP contribution in [0.1, 0.15) is 16.1 Å². The summed E-state index contributed by atoms with van der Waals surface area (Å²) in [6.45, 7) is 1.87. The minimum atomic E-state index is -0.0994. The molecule has 4 heteroatoms. The van der Waals surface area contributed by atoms with E-state index in [1.54, 1.807) is 28.8 Å². The average Bonchev–Trinajstić information content (AvgIpc) is 2.54. The van der Waals surface area contributed by atoms with Crippen molar-refractivity contribution < 1.29 is 9.53 Å². The summed E-state index contributed by atoms with van der Waals surface area (Å²) in [6.07, 6.45) is 0.726. The maximum absolute atomic E-state index is 12.7. The first-order valence-corrected chi connectivity index (χ1v) is 6.90. The lowest BCUT2D eigenvalue weighted by Crippen LogP contribution is -2.20. The summed E-state index contributed by atoms with van der Waals surface area (Å²) in [5.74, 6) is 0.491. The van der Waals surface area contributed by atoms with Crippen LogP contribution in [-0.4, -0.2) is 18.0 Å². The molecule has 0 bridgehead atoms. The SMILES string of the molecule is COc1ccc(-n2c(C)cc3ccccc3c2=O)cc1C=O. The maximum Gasteiger partial charge on any atom is 0.263 e. The number of hydrogen-bond donors (Lipinski definition) is 0. The van der Waals surface area contributed by atoms with Crippen molar-refractivity contribution in [1.29, 1.82) is 0 Å². The topological polar surface area (TPSA) is 48.3 Å². The summed E-state index contributed by atoms with van der Waals surface area (Å²) < 4.78 is 6.75. The average molecular weight is 293 g/mol. The lowest BCUT2D eigenvalue weighted by atomic mass is 10.1. The van der Waals surface area contributed by atoms with Gasteiger partial charge in [0, 0.05) is 16.8 Å². The molecule has 0 saturated heterocycles. The molecule has 0 amide bonds. The van der Waals surface area contributed by atoms with Crippen molar-refractivity contribution >= 4 is 17.1 Å². The molecule has 0 radical (unpaired) electrons. The highest BCUT2D eigenvalue weighted by atomic mass is 16.5. The zero-order chi connectivity index (χ0) is 15.7. The second-order valence-electron chi connectivity index (χ2n) is 5.06. The molecule has 0 atom stereocenters. The van der Waals surface area contributed by atoms with Gasteiger partial charge in [0.1, 0.15) is 5.75 Å². The Balaban J connectivity index is 2.31. The van der Waals surface area contributed by atoms with Crippen LogP contribution in [0, 0.1) is 6.92 Å². The molecule has 1 heterocycles. The number of methoxy groups -OCH3 is 1. The number of hydrogen-bond acceptors (Lipinski definition) is 3. The van der Waals surface area contributed by atoms with Crippen LogP contribution in [0.4, 0.5) is 0 Å². The molecule has 0 aliphatic rings. The van der Waals surface area contributed by atoms with Crippen molar-refractivity contribution in [3.63, 3.8) is 0 Å². The van der Waals surface area contributed by atoms with Crippen molar-refractivity contribution in [3.05, 3.63) is 70.1 Å². The number of aldehydes is 1. The van der Waals surface area contributed by atoms with Gasteiger partial charge in [0.25, 0.3) is 5.56 Å². The molecule has 0 fully saturated rings. The fraction of sp³-hybridized carbons (Fsp3) is 0.111. The second kappa shape index (κ2) is 5.48. The number of ether oxygens (including phenoxy) is 1. The molecule has 3 rings (SSSR count). The molecule has 0 aliphatic heterocycles. The molecular formula is C18H15NO3. The number of aryl methyl sites for hydroxylation is 1. The molecule has 22 heavy (non-hydrogen) atoms. The van der Waals surface area contributed by atoms with Crippen LogP contribution in [0.15, 0.2) is 53.3 Å². The largest absolute Gasteiger partial charge is 0.496 e. The lowest BCUT2D eigenvalue weighted by molar-refractivity contribution is 0.112. The third-order valence-corrected chi connectivity index (χ3v) is 3.71. The van der Waals surface area contributed by atoms with Crippen LogP contribution in [-0.2, 0) is 0 Å². The Morgan fingerprint density at radius 3 is 2.59 bits per heavy atom. The highest BCUT2D eigenvalue weighted by molar-refractivity contribution is 5.83. The van der Waals surface area contributed by atoms with Crippen LogP contribution in [0.2, 0.25) is 0 Å². The number of nitrogens with zero attached hydrogens (tertiary/aromatic N) is 1. The first-order chi connectivity index (χ1) is 10.7. The van der Waals surface area contributed by atoms with Crippen LogP contribution in [0.3, 0.4) is 0 Å². The van der Waals surface area contributed by atoms with Gasteiger partial charge in [-0.1, -0.05) is 18.2 Å². The second-order valence-corrected chi connectivity index (χ2v) is 5.06. The predicted octanol–water partition coefficient (Wildman–Crippen LogP) is 3.12. The van der Waals surface area contributed by atoms with Gasteiger partial charge in [0.2, 0.25) is 0 Å². The van der Waals surface area contributed by atoms with Gasteiger partial charge in [-0.3, -0.25) is 14.2 Å². The quantitative estimate of drug-likeness (QED) is 0.697. The van der Waals surface area contributed by atoms with Gasteiger partial charge in [0.05, 0.1) is 12.7 Å². The van der Waals surface area contributed by atoms with Gasteiger partial charge in [0.15, 0.2) is 6.29 Å². The van der Waals surface area contributed by atoms with Gasteiger partial charge in [-0.05, 0) is 42.6 Å². The number of aromatic nitrogens is 1. The zero-order valence-electron chi connectivity index (χ0n) is 12.4. The van der Waals surface area contributed by atoms with E-state index in [4.69, 9.17) is 4.74 Å². The predicted molar refractivity (Wildman–Crippen MR) is 86.2 cm³/mol. The molecule has 0 saturated carbocycles. The number of fused-ring (bicyclic) bond motifs is 1. The number of rotatable bonds is 3. The first-order valence-electron chi connectivity index (χ1n) is 6.90. The molecule has 0 spiro atoms. The molecule has 0 N–H and O–H groups in total. The van der Waals surface area contributed by atoms with Crippen LogP contribution in [0.25, 0.3) is 16.5 Å². The van der Waals surface area contributed by atoms with Crippen molar-refractivity contribution in [3.8, 4) is 11.4 Å². The van der Waals surface area contributed by atoms with Gasteiger partial charge in [-0.15, -0.1) is 0 Å². The van der Waals surface area contributed by atoms with Crippen molar-refractivity contribution in [2.45, 2.75) is 6.92 Å². The Kier molecular flexibility index (Phi) is 3.51. The molecule has 0 aliphatic carbocycles. The fourth-order valence-electron chi connectivity index (χ4n) is 2.66. The smallest absolute Gasteiger partial charge is 0.263 e. The summed E-state index contributed by atoms with van der Waals surface area (Å²) in [4.78, 5) is 23.9. The standard InChI is InChI=1S/C18H15NO3/c1-12-9-13-5-3-4-6-16(13)18(21)19(12)15-7-8-17(22-2)14(10-15)11-20/h3-11H,1-2H3. The Bertz CT molecular complexity index is 925. The molecule has 3 aromatic rings. The van der Waals surface area contributed by atoms with Gasteiger partial charge < -0.3 is 4.74 Å². The van der Waals surface area contributed by atoms with Gasteiger partial charge >= 0.3 is 0 Å². The van der Waals surface area contributed by atoms with Gasteiger partial charge in [-0.2, -0.15) is 0 Å². The lowest BCUT2D eigenvalue weighted by Gasteiger charge is -2.13. The first kappa shape index (κ1) is 14.1. The number of carbonyl (C=O) groups is 1. The van der Waals surface area contributed by atoms with E-state index in [1.807, 2.05) is 31.2 Å². The Labute approximate surface area is 127 Å². The summed E-state index contributed by atoms with van der Waals surface area (Å²) in [5.41, 5.74) is 1.78. The summed E-state index contributed by atoms with van der Waals surface area (Å²) in [5, 5.41) is 1.56. The molecular weight excluding hydrogens is 278 g/mol. The van der Waals surface area contributed by atoms with Crippen molar-refractivity contribution in [1.82, 2.24) is 4.57 Å². The summed E-state index contributed by atoms with van der Waals surface area (Å²) in [6, 6.07) is 14.6. The van der Waals surface area contributed by atoms with E-state index in [0.717, 1.165) is 17.4 Å². The number of benzene rings is 2. The fourth-order valence-corrected chi connectivity index (χ4v) is 2.66. The van der Waals surface area contributed by atoms with E-state index in [0.29, 0.717) is 22.4 Å². The van der Waals surface area contributed by atoms with E-state index < -0.39 is 0 Å². The van der Waals surface area contributed by atoms with E-state index in [2.05, 4.69) is 0 Å². The minimum Gasteiger partial charge on any atom is -0.496 e. The van der Waals surface area contributed by atoms with Crippen LogP contribution < -0.4 is 10.3 Å². The Morgan fingerprint density at radius 2 is 1.86 bits per heavy atom. The van der Waals surface area contributed by atoms with Gasteiger partial charge in [-0.25, -0.2) is 0 Å². The van der Waals surface area contributed by atoms with Crippen molar-refractivity contribution in [2.24, 2.45) is 0 Å². The minimum absolute atomic E-state index is 0.0994. The molecule has 2 aromatic carbocycles. The molecule has 1 aromatic heterocycles. The number of carbonyl (C=O) groups excluding carboxylic acids is 1. The van der Waals surface area contributed by atoms with E-state index in [9.17, 15) is 9.59 Å². The third-order valence-electron chi connectivity index (χ3n) is 3.71. The highest BCUT2D eigenvalue weighted by Gasteiger charge is 2.10. The van der Waals surface area contributed by atoms with E-state index >= 15 is 0 Å². The molecule has 110 valence electrons. The summed E-state index contributed by atoms with van der Waals surface area (Å²) >= 11 is 0. The van der Waals surface area contributed by atoms with Crippen LogP contribution in [0.5, 0.6) is 5.75 Å². The van der Waals surface area contributed by atoms with Crippen molar-refractivity contribution in [2.75, 3.05) is 7.11 Å². The zero-order valence-corrected chi connectivity index (χ0v) is 12.4. The van der Waals surface area contributed by atoms with E-state index in [1.165, 1.54) is 7.11 Å². The molecule has 4 nitrogen and oxygen atoms in total. The van der Waals surface area contributed by atoms with E-state index in [-0.39, 0.29) is 5.56 Å². The van der Waals surface area contributed by atoms with Crippen LogP contribution >= 0.6 is 0 Å². The number of pyridine rings is 1. The third kappa shape index (κ3) is 2.19. The summed E-state index contributed by atoms with van der Waals surface area (Å²) in [7, 11) is 1.51.